The lowest BCUT2D eigenvalue weighted by atomic mass is 10.4. The van der Waals surface area contributed by atoms with Gasteiger partial charge in [-0.1, -0.05) is 11.6 Å². The maximum absolute atomic E-state index is 11.9. The number of halogens is 1. The quantitative estimate of drug-likeness (QED) is 0.931. The highest BCUT2D eigenvalue weighted by Crippen LogP contribution is 2.26. The third kappa shape index (κ3) is 2.57. The number of hydrogen-bond donors (Lipinski definition) is 1. The number of thiophene rings is 1. The number of methoxy groups -OCH3 is 1. The van der Waals surface area contributed by atoms with Crippen molar-refractivity contribution < 1.29 is 9.53 Å². The lowest BCUT2D eigenvalue weighted by Crippen LogP contribution is -2.12. The number of anilines is 1. The van der Waals surface area contributed by atoms with E-state index < -0.39 is 0 Å². The Morgan fingerprint density at radius 3 is 3.06 bits per heavy atom. The number of nitrogens with one attached hydrogen (secondary N) is 1. The van der Waals surface area contributed by atoms with Gasteiger partial charge < -0.3 is 10.1 Å². The molecule has 0 atom stereocenters. The van der Waals surface area contributed by atoms with Crippen LogP contribution in [0.4, 0.5) is 5.82 Å². The average Bonchev–Trinajstić information content (AvgIpc) is 2.80. The lowest BCUT2D eigenvalue weighted by Gasteiger charge is -2.05. The molecule has 2 rings (SSSR count). The van der Waals surface area contributed by atoms with Crippen LogP contribution in [0.1, 0.15) is 9.67 Å². The largest absolute Gasteiger partial charge is 0.495 e. The number of carbonyl (C=O) groups is 1. The fraction of sp³-hybridized carbons (Fsp3) is 0.0909. The zero-order valence-corrected chi connectivity index (χ0v) is 10.5. The summed E-state index contributed by atoms with van der Waals surface area (Å²) >= 11 is 7.20. The highest BCUT2D eigenvalue weighted by Gasteiger charge is 2.15. The van der Waals surface area contributed by atoms with Gasteiger partial charge in [0.1, 0.15) is 10.6 Å². The van der Waals surface area contributed by atoms with Gasteiger partial charge in [-0.3, -0.25) is 4.79 Å². The molecule has 0 unspecified atom stereocenters. The molecule has 2 heterocycles. The van der Waals surface area contributed by atoms with Crippen molar-refractivity contribution >= 4 is 34.7 Å². The molecule has 6 heteroatoms. The summed E-state index contributed by atoms with van der Waals surface area (Å²) in [4.78, 5) is 16.4. The Bertz CT molecular complexity index is 542. The summed E-state index contributed by atoms with van der Waals surface area (Å²) in [5, 5.41) is 4.82. The number of nitrogens with zero attached hydrogens (tertiary/aromatic N) is 1. The van der Waals surface area contributed by atoms with Gasteiger partial charge in [0, 0.05) is 6.20 Å². The molecule has 1 N–H and O–H groups in total. The number of amides is 1. The predicted octanol–water partition coefficient (Wildman–Crippen LogP) is 3.06. The topological polar surface area (TPSA) is 51.2 Å². The zero-order chi connectivity index (χ0) is 12.3. The van der Waals surface area contributed by atoms with E-state index in [1.165, 1.54) is 18.4 Å². The molecule has 0 fully saturated rings. The smallest absolute Gasteiger partial charge is 0.270 e. The summed E-state index contributed by atoms with van der Waals surface area (Å²) < 4.78 is 5.07. The van der Waals surface area contributed by atoms with E-state index in [1.54, 1.807) is 29.8 Å². The molecule has 0 saturated heterocycles. The second-order valence-corrected chi connectivity index (χ2v) is 4.43. The Morgan fingerprint density at radius 1 is 1.53 bits per heavy atom. The first-order chi connectivity index (χ1) is 8.22. The predicted molar refractivity (Wildman–Crippen MR) is 68.1 cm³/mol. The van der Waals surface area contributed by atoms with E-state index >= 15 is 0 Å². The Kier molecular flexibility index (Phi) is 3.61. The first-order valence-corrected chi connectivity index (χ1v) is 6.01. The normalized spacial score (nSPS) is 10.0. The van der Waals surface area contributed by atoms with Crippen molar-refractivity contribution in [1.29, 1.82) is 0 Å². The molecule has 0 aliphatic rings. The summed E-state index contributed by atoms with van der Waals surface area (Å²) in [7, 11) is 1.52. The van der Waals surface area contributed by atoms with Crippen LogP contribution in [0, 0.1) is 0 Å². The van der Waals surface area contributed by atoms with Gasteiger partial charge in [-0.2, -0.15) is 0 Å². The highest BCUT2D eigenvalue weighted by atomic mass is 35.5. The SMILES string of the molecule is COc1ccsc1C(=O)Nc1ncccc1Cl. The van der Waals surface area contributed by atoms with Crippen LogP contribution in [0.3, 0.4) is 0 Å². The number of aromatic nitrogens is 1. The number of carbonyl (C=O) groups excluding carboxylic acids is 1. The van der Waals surface area contributed by atoms with Crippen molar-refractivity contribution in [2.24, 2.45) is 0 Å². The molecule has 2 aromatic rings. The van der Waals surface area contributed by atoms with Gasteiger partial charge >= 0.3 is 0 Å². The second kappa shape index (κ2) is 5.16. The molecule has 88 valence electrons. The first kappa shape index (κ1) is 11.9. The molecule has 17 heavy (non-hydrogen) atoms. The van der Waals surface area contributed by atoms with Crippen LogP contribution in [-0.2, 0) is 0 Å². The van der Waals surface area contributed by atoms with Crippen LogP contribution in [0.25, 0.3) is 0 Å². The molecule has 0 spiro atoms. The molecule has 2 aromatic heterocycles. The van der Waals surface area contributed by atoms with Crippen molar-refractivity contribution in [2.45, 2.75) is 0 Å². The van der Waals surface area contributed by atoms with Crippen LogP contribution >= 0.6 is 22.9 Å². The summed E-state index contributed by atoms with van der Waals surface area (Å²) in [6, 6.07) is 5.10. The van der Waals surface area contributed by atoms with Crippen LogP contribution in [0.5, 0.6) is 5.75 Å². The molecule has 0 bridgehead atoms. The summed E-state index contributed by atoms with van der Waals surface area (Å²) in [5.74, 6) is 0.603. The van der Waals surface area contributed by atoms with Crippen LogP contribution in [0.2, 0.25) is 5.02 Å². The minimum Gasteiger partial charge on any atom is -0.495 e. The summed E-state index contributed by atoms with van der Waals surface area (Å²) in [5.41, 5.74) is 0. The molecule has 0 aliphatic carbocycles. The number of ether oxygens (including phenoxy) is 1. The average molecular weight is 269 g/mol. The van der Waals surface area contributed by atoms with Gasteiger partial charge in [-0.25, -0.2) is 4.98 Å². The Morgan fingerprint density at radius 2 is 2.35 bits per heavy atom. The Hall–Kier alpha value is -1.59. The van der Waals surface area contributed by atoms with E-state index in [9.17, 15) is 4.79 Å². The molecule has 0 aromatic carbocycles. The van der Waals surface area contributed by atoms with Gasteiger partial charge in [0.15, 0.2) is 5.82 Å². The van der Waals surface area contributed by atoms with Crippen LogP contribution in [-0.4, -0.2) is 18.0 Å². The molecule has 0 aliphatic heterocycles. The fourth-order valence-corrected chi connectivity index (χ4v) is 2.19. The maximum atomic E-state index is 11.9. The van der Waals surface area contributed by atoms with Crippen molar-refractivity contribution in [1.82, 2.24) is 4.98 Å². The van der Waals surface area contributed by atoms with Crippen LogP contribution in [0.15, 0.2) is 29.8 Å². The highest BCUT2D eigenvalue weighted by molar-refractivity contribution is 7.12. The van der Waals surface area contributed by atoms with Crippen LogP contribution < -0.4 is 10.1 Å². The number of rotatable bonds is 3. The third-order valence-electron chi connectivity index (χ3n) is 2.05. The third-order valence-corrected chi connectivity index (χ3v) is 3.25. The fourth-order valence-electron chi connectivity index (χ4n) is 1.27. The number of hydrogen-bond acceptors (Lipinski definition) is 4. The van der Waals surface area contributed by atoms with Gasteiger partial charge in [0.2, 0.25) is 0 Å². The van der Waals surface area contributed by atoms with E-state index in [0.717, 1.165) is 0 Å². The van der Waals surface area contributed by atoms with Crippen molar-refractivity contribution in [3.05, 3.63) is 39.7 Å². The lowest BCUT2D eigenvalue weighted by molar-refractivity contribution is 0.102. The molecule has 0 radical (unpaired) electrons. The van der Waals surface area contributed by atoms with Crippen molar-refractivity contribution in [3.8, 4) is 5.75 Å². The van der Waals surface area contributed by atoms with E-state index in [0.29, 0.717) is 21.5 Å². The van der Waals surface area contributed by atoms with E-state index in [-0.39, 0.29) is 5.91 Å². The summed E-state index contributed by atoms with van der Waals surface area (Å²) in [6.45, 7) is 0. The minimum absolute atomic E-state index is 0.280. The second-order valence-electron chi connectivity index (χ2n) is 3.11. The Balaban J connectivity index is 2.20. The molecule has 1 amide bonds. The molecular weight excluding hydrogens is 260 g/mol. The van der Waals surface area contributed by atoms with E-state index in [2.05, 4.69) is 10.3 Å². The maximum Gasteiger partial charge on any atom is 0.270 e. The first-order valence-electron chi connectivity index (χ1n) is 4.75. The standard InChI is InChI=1S/C11H9ClN2O2S/c1-16-8-4-6-17-9(8)11(15)14-10-7(12)3-2-5-13-10/h2-6H,1H3,(H,13,14,15). The minimum atomic E-state index is -0.280. The van der Waals surface area contributed by atoms with Crippen molar-refractivity contribution in [3.63, 3.8) is 0 Å². The molecule has 4 nitrogen and oxygen atoms in total. The van der Waals surface area contributed by atoms with Gasteiger partial charge in [-0.15, -0.1) is 11.3 Å². The Labute approximate surface area is 107 Å². The molecular formula is C11H9ClN2O2S. The molecule has 0 saturated carbocycles. The summed E-state index contributed by atoms with van der Waals surface area (Å²) in [6.07, 6.45) is 1.56. The number of pyridine rings is 1. The van der Waals surface area contributed by atoms with Gasteiger partial charge in [0.05, 0.1) is 12.1 Å². The van der Waals surface area contributed by atoms with E-state index in [4.69, 9.17) is 16.3 Å². The van der Waals surface area contributed by atoms with Gasteiger partial charge in [0.25, 0.3) is 5.91 Å². The van der Waals surface area contributed by atoms with Gasteiger partial charge in [-0.05, 0) is 23.6 Å². The zero-order valence-electron chi connectivity index (χ0n) is 8.94. The van der Waals surface area contributed by atoms with E-state index in [1.807, 2.05) is 0 Å². The van der Waals surface area contributed by atoms with Crippen molar-refractivity contribution in [2.75, 3.05) is 12.4 Å². The monoisotopic (exact) mass is 268 g/mol.